The molecule has 1 saturated heterocycles. The normalized spacial score (nSPS) is 19.0. The smallest absolute Gasteiger partial charge is 0.287 e. The zero-order chi connectivity index (χ0) is 17.1. The Morgan fingerprint density at radius 1 is 1.16 bits per heavy atom. The highest BCUT2D eigenvalue weighted by Gasteiger charge is 2.18. The zero-order valence-corrected chi connectivity index (χ0v) is 14.3. The molecule has 1 amide bonds. The van der Waals surface area contributed by atoms with Crippen LogP contribution in [0.15, 0.2) is 34.7 Å². The fourth-order valence-electron chi connectivity index (χ4n) is 3.47. The average Bonchev–Trinajstić information content (AvgIpc) is 3.39. The van der Waals surface area contributed by atoms with Crippen LogP contribution in [-0.4, -0.2) is 25.2 Å². The number of hydrogen-bond donors (Lipinski definition) is 1. The van der Waals surface area contributed by atoms with Gasteiger partial charge in [-0.1, -0.05) is 6.07 Å². The van der Waals surface area contributed by atoms with Gasteiger partial charge in [-0.15, -0.1) is 0 Å². The summed E-state index contributed by atoms with van der Waals surface area (Å²) in [5.74, 6) is 1.59. The number of hydrogen-bond acceptors (Lipinski definition) is 4. The van der Waals surface area contributed by atoms with Gasteiger partial charge in [0.15, 0.2) is 5.76 Å². The Balaban J connectivity index is 1.29. The first-order chi connectivity index (χ1) is 12.3. The number of furan rings is 1. The predicted molar refractivity (Wildman–Crippen MR) is 92.8 cm³/mol. The van der Waals surface area contributed by atoms with Crippen molar-refractivity contribution >= 4 is 5.91 Å². The summed E-state index contributed by atoms with van der Waals surface area (Å²) in [5.41, 5.74) is 2.81. The standard InChI is InChI=1S/C20H23NO4/c22-20(21-12-17-5-2-10-23-17)19-9-8-18(25-19)13-24-16-7-6-14-3-1-4-15(14)11-16/h6-9,11,17H,1-5,10,12-13H2,(H,21,22)/t17-/m0/s1. The molecule has 1 aromatic heterocycles. The molecule has 1 N–H and O–H groups in total. The Morgan fingerprint density at radius 3 is 2.96 bits per heavy atom. The molecule has 4 rings (SSSR count). The minimum absolute atomic E-state index is 0.126. The van der Waals surface area contributed by atoms with Gasteiger partial charge in [-0.3, -0.25) is 4.79 Å². The molecule has 25 heavy (non-hydrogen) atoms. The number of aryl methyl sites for hydroxylation is 2. The molecule has 1 fully saturated rings. The second kappa shape index (κ2) is 7.31. The van der Waals surface area contributed by atoms with Crippen LogP contribution in [-0.2, 0) is 24.2 Å². The molecule has 1 atom stereocenters. The van der Waals surface area contributed by atoms with Crippen molar-refractivity contribution in [3.8, 4) is 5.75 Å². The van der Waals surface area contributed by atoms with Crippen molar-refractivity contribution in [3.05, 3.63) is 53.0 Å². The third-order valence-corrected chi connectivity index (χ3v) is 4.85. The summed E-state index contributed by atoms with van der Waals surface area (Å²) in [6, 6.07) is 9.73. The van der Waals surface area contributed by atoms with Crippen LogP contribution in [0.1, 0.15) is 46.7 Å². The first-order valence-corrected chi connectivity index (χ1v) is 9.01. The molecule has 5 nitrogen and oxygen atoms in total. The molecule has 1 aliphatic heterocycles. The third-order valence-electron chi connectivity index (χ3n) is 4.85. The Morgan fingerprint density at radius 2 is 2.08 bits per heavy atom. The van der Waals surface area contributed by atoms with Gasteiger partial charge in [0.25, 0.3) is 5.91 Å². The monoisotopic (exact) mass is 341 g/mol. The zero-order valence-electron chi connectivity index (χ0n) is 14.3. The number of rotatable bonds is 6. The van der Waals surface area contributed by atoms with E-state index >= 15 is 0 Å². The number of ether oxygens (including phenoxy) is 2. The van der Waals surface area contributed by atoms with Crippen molar-refractivity contribution < 1.29 is 18.7 Å². The number of nitrogens with one attached hydrogen (secondary N) is 1. The lowest BCUT2D eigenvalue weighted by atomic mass is 10.1. The SMILES string of the molecule is O=C(NC[C@@H]1CCCO1)c1ccc(COc2ccc3c(c2)CCC3)o1. The maximum absolute atomic E-state index is 12.1. The van der Waals surface area contributed by atoms with E-state index in [1.54, 1.807) is 12.1 Å². The van der Waals surface area contributed by atoms with Crippen molar-refractivity contribution in [1.29, 1.82) is 0 Å². The fourth-order valence-corrected chi connectivity index (χ4v) is 3.47. The van der Waals surface area contributed by atoms with Crippen LogP contribution in [0.25, 0.3) is 0 Å². The van der Waals surface area contributed by atoms with Crippen LogP contribution in [0, 0.1) is 0 Å². The Bertz CT molecular complexity index is 746. The van der Waals surface area contributed by atoms with Crippen LogP contribution in [0.4, 0.5) is 0 Å². The second-order valence-corrected chi connectivity index (χ2v) is 6.68. The predicted octanol–water partition coefficient (Wildman–Crippen LogP) is 3.26. The van der Waals surface area contributed by atoms with Gasteiger partial charge >= 0.3 is 0 Å². The van der Waals surface area contributed by atoms with Gasteiger partial charge in [-0.2, -0.15) is 0 Å². The molecule has 5 heteroatoms. The van der Waals surface area contributed by atoms with Gasteiger partial charge in [0.1, 0.15) is 18.1 Å². The van der Waals surface area contributed by atoms with E-state index in [1.807, 2.05) is 6.07 Å². The Hall–Kier alpha value is -2.27. The van der Waals surface area contributed by atoms with Crippen molar-refractivity contribution in [2.24, 2.45) is 0 Å². The molecule has 0 unspecified atom stereocenters. The molecular weight excluding hydrogens is 318 g/mol. The van der Waals surface area contributed by atoms with Gasteiger partial charge < -0.3 is 19.2 Å². The highest BCUT2D eigenvalue weighted by molar-refractivity contribution is 5.91. The highest BCUT2D eigenvalue weighted by Crippen LogP contribution is 2.26. The molecule has 0 saturated carbocycles. The lowest BCUT2D eigenvalue weighted by Crippen LogP contribution is -2.31. The van der Waals surface area contributed by atoms with E-state index in [2.05, 4.69) is 17.4 Å². The molecule has 0 spiro atoms. The second-order valence-electron chi connectivity index (χ2n) is 6.68. The van der Waals surface area contributed by atoms with Crippen molar-refractivity contribution in [1.82, 2.24) is 5.32 Å². The van der Waals surface area contributed by atoms with E-state index in [4.69, 9.17) is 13.9 Å². The van der Waals surface area contributed by atoms with E-state index in [9.17, 15) is 4.79 Å². The van der Waals surface area contributed by atoms with Crippen molar-refractivity contribution in [3.63, 3.8) is 0 Å². The molecular formula is C20H23NO4. The summed E-state index contributed by atoms with van der Waals surface area (Å²) < 4.78 is 16.9. The maximum atomic E-state index is 12.1. The molecule has 2 aromatic rings. The third kappa shape index (κ3) is 3.87. The molecule has 2 heterocycles. The number of fused-ring (bicyclic) bond motifs is 1. The Labute approximate surface area is 147 Å². The van der Waals surface area contributed by atoms with Crippen molar-refractivity contribution in [2.75, 3.05) is 13.2 Å². The van der Waals surface area contributed by atoms with Crippen LogP contribution in [0.2, 0.25) is 0 Å². The van der Waals surface area contributed by atoms with Gasteiger partial charge in [0.2, 0.25) is 0 Å². The minimum Gasteiger partial charge on any atom is -0.486 e. The van der Waals surface area contributed by atoms with Crippen LogP contribution < -0.4 is 10.1 Å². The molecule has 1 aliphatic carbocycles. The maximum Gasteiger partial charge on any atom is 0.287 e. The van der Waals surface area contributed by atoms with Gasteiger partial charge in [0.05, 0.1) is 6.10 Å². The fraction of sp³-hybridized carbons (Fsp3) is 0.450. The summed E-state index contributed by atoms with van der Waals surface area (Å²) in [6.45, 7) is 1.63. The van der Waals surface area contributed by atoms with Gasteiger partial charge in [-0.05, 0) is 67.5 Å². The van der Waals surface area contributed by atoms with Crippen LogP contribution in [0.5, 0.6) is 5.75 Å². The molecule has 0 radical (unpaired) electrons. The quantitative estimate of drug-likeness (QED) is 0.876. The van der Waals surface area contributed by atoms with Gasteiger partial charge in [-0.25, -0.2) is 0 Å². The molecule has 1 aromatic carbocycles. The number of carbonyl (C=O) groups is 1. The summed E-state index contributed by atoms with van der Waals surface area (Å²) in [5, 5.41) is 2.86. The summed E-state index contributed by atoms with van der Waals surface area (Å²) in [6.07, 6.45) is 5.70. The number of benzene rings is 1. The largest absolute Gasteiger partial charge is 0.486 e. The number of amides is 1. The van der Waals surface area contributed by atoms with Crippen LogP contribution >= 0.6 is 0 Å². The highest BCUT2D eigenvalue weighted by atomic mass is 16.5. The van der Waals surface area contributed by atoms with E-state index in [-0.39, 0.29) is 12.0 Å². The first-order valence-electron chi connectivity index (χ1n) is 9.01. The average molecular weight is 341 g/mol. The van der Waals surface area contributed by atoms with E-state index in [0.717, 1.165) is 38.0 Å². The first kappa shape index (κ1) is 16.2. The number of carbonyl (C=O) groups excluding carboxylic acids is 1. The van der Waals surface area contributed by atoms with E-state index in [0.29, 0.717) is 24.7 Å². The van der Waals surface area contributed by atoms with Crippen LogP contribution in [0.3, 0.4) is 0 Å². The Kier molecular flexibility index (Phi) is 4.74. The van der Waals surface area contributed by atoms with E-state index in [1.165, 1.54) is 17.5 Å². The van der Waals surface area contributed by atoms with Crippen molar-refractivity contribution in [2.45, 2.75) is 44.8 Å². The lowest BCUT2D eigenvalue weighted by Gasteiger charge is -2.09. The molecule has 2 aliphatic rings. The van der Waals surface area contributed by atoms with E-state index < -0.39 is 0 Å². The molecule has 132 valence electrons. The lowest BCUT2D eigenvalue weighted by molar-refractivity contribution is 0.0832. The minimum atomic E-state index is -0.209. The topological polar surface area (TPSA) is 60.7 Å². The molecule has 0 bridgehead atoms. The summed E-state index contributed by atoms with van der Waals surface area (Å²) >= 11 is 0. The summed E-state index contributed by atoms with van der Waals surface area (Å²) in [4.78, 5) is 12.1. The van der Waals surface area contributed by atoms with Gasteiger partial charge in [0, 0.05) is 13.2 Å². The summed E-state index contributed by atoms with van der Waals surface area (Å²) in [7, 11) is 0.